The van der Waals surface area contributed by atoms with Crippen LogP contribution in [0.15, 0.2) is 12.1 Å². The van der Waals surface area contributed by atoms with Crippen molar-refractivity contribution in [2.75, 3.05) is 19.4 Å². The molecule has 0 aromatic carbocycles. The zero-order chi connectivity index (χ0) is 12.3. The number of rotatable bonds is 2. The van der Waals surface area contributed by atoms with E-state index in [0.717, 1.165) is 6.07 Å². The lowest BCUT2D eigenvalue weighted by Crippen LogP contribution is -2.21. The summed E-state index contributed by atoms with van der Waals surface area (Å²) in [5.74, 6) is -0.670. The molecule has 0 saturated heterocycles. The van der Waals surface area contributed by atoms with Crippen LogP contribution < -0.4 is 10.6 Å². The van der Waals surface area contributed by atoms with Gasteiger partial charge in [-0.1, -0.05) is 0 Å². The number of hydrogen-bond acceptors (Lipinski definition) is 3. The smallest absolute Gasteiger partial charge is 0.373 e. The summed E-state index contributed by atoms with van der Waals surface area (Å²) in [4.78, 5) is 14.9. The monoisotopic (exact) mass is 233 g/mol. The van der Waals surface area contributed by atoms with Crippen LogP contribution in [0, 0.1) is 0 Å². The number of aromatic nitrogens is 1. The molecule has 0 aliphatic carbocycles. The molecule has 1 heterocycles. The zero-order valence-electron chi connectivity index (χ0n) is 8.64. The van der Waals surface area contributed by atoms with Crippen molar-refractivity contribution in [2.24, 2.45) is 0 Å². The Labute approximate surface area is 89.9 Å². The van der Waals surface area contributed by atoms with E-state index in [1.165, 1.54) is 14.1 Å². The summed E-state index contributed by atoms with van der Waals surface area (Å²) in [5.41, 5.74) is -1.19. The van der Waals surface area contributed by atoms with Crippen molar-refractivity contribution in [3.8, 4) is 0 Å². The Bertz CT molecular complexity index is 403. The standard InChI is InChI=1S/C9H10F3N3O/c1-13-7-4-5(9(10,11)12)3-6(15-7)8(16)14-2/h3-4H,1-2H3,(H,13,15)(H,14,16). The minimum Gasteiger partial charge on any atom is -0.373 e. The van der Waals surface area contributed by atoms with Crippen LogP contribution in [0.1, 0.15) is 16.1 Å². The summed E-state index contributed by atoms with van der Waals surface area (Å²) >= 11 is 0. The van der Waals surface area contributed by atoms with Crippen LogP contribution in [-0.4, -0.2) is 25.0 Å². The molecule has 88 valence electrons. The molecule has 0 saturated carbocycles. The van der Waals surface area contributed by atoms with E-state index >= 15 is 0 Å². The van der Waals surface area contributed by atoms with E-state index in [9.17, 15) is 18.0 Å². The Balaban J connectivity index is 3.27. The van der Waals surface area contributed by atoms with Crippen molar-refractivity contribution >= 4 is 11.7 Å². The van der Waals surface area contributed by atoms with E-state index in [1.54, 1.807) is 0 Å². The van der Waals surface area contributed by atoms with Crippen molar-refractivity contribution in [1.29, 1.82) is 0 Å². The summed E-state index contributed by atoms with van der Waals surface area (Å²) in [7, 11) is 2.75. The minimum atomic E-state index is -4.50. The van der Waals surface area contributed by atoms with Crippen LogP contribution in [0.5, 0.6) is 0 Å². The van der Waals surface area contributed by atoms with Crippen molar-refractivity contribution in [3.63, 3.8) is 0 Å². The Morgan fingerprint density at radius 1 is 1.31 bits per heavy atom. The van der Waals surface area contributed by atoms with E-state index in [0.29, 0.717) is 6.07 Å². The number of halogens is 3. The van der Waals surface area contributed by atoms with Gasteiger partial charge in [0, 0.05) is 14.1 Å². The molecule has 0 atom stereocenters. The predicted octanol–water partition coefficient (Wildman–Crippen LogP) is 1.50. The quantitative estimate of drug-likeness (QED) is 0.813. The number of anilines is 1. The maximum Gasteiger partial charge on any atom is 0.416 e. The van der Waals surface area contributed by atoms with E-state index < -0.39 is 17.6 Å². The molecule has 0 aliphatic heterocycles. The lowest BCUT2D eigenvalue weighted by atomic mass is 10.2. The molecule has 2 N–H and O–H groups in total. The molecule has 1 rings (SSSR count). The van der Waals surface area contributed by atoms with E-state index in [4.69, 9.17) is 0 Å². The topological polar surface area (TPSA) is 54.0 Å². The number of carbonyl (C=O) groups excluding carboxylic acids is 1. The number of nitrogens with one attached hydrogen (secondary N) is 2. The first-order valence-corrected chi connectivity index (χ1v) is 4.37. The molecule has 0 radical (unpaired) electrons. The van der Waals surface area contributed by atoms with Crippen LogP contribution in [0.3, 0.4) is 0 Å². The third-order valence-electron chi connectivity index (χ3n) is 1.87. The molecule has 0 spiro atoms. The highest BCUT2D eigenvalue weighted by atomic mass is 19.4. The Morgan fingerprint density at radius 3 is 2.38 bits per heavy atom. The van der Waals surface area contributed by atoms with Gasteiger partial charge in [-0.2, -0.15) is 13.2 Å². The van der Waals surface area contributed by atoms with Crippen LogP contribution in [0.2, 0.25) is 0 Å². The number of hydrogen-bond donors (Lipinski definition) is 2. The molecule has 1 aromatic rings. The van der Waals surface area contributed by atoms with Gasteiger partial charge in [0.15, 0.2) is 0 Å². The van der Waals surface area contributed by atoms with Gasteiger partial charge in [0.2, 0.25) is 0 Å². The molecule has 0 bridgehead atoms. The zero-order valence-corrected chi connectivity index (χ0v) is 8.64. The lowest BCUT2D eigenvalue weighted by Gasteiger charge is -2.10. The first-order valence-electron chi connectivity index (χ1n) is 4.37. The highest BCUT2D eigenvalue weighted by Gasteiger charge is 2.32. The van der Waals surface area contributed by atoms with E-state index in [2.05, 4.69) is 15.6 Å². The second-order valence-electron chi connectivity index (χ2n) is 2.95. The Hall–Kier alpha value is -1.79. The van der Waals surface area contributed by atoms with Crippen molar-refractivity contribution in [1.82, 2.24) is 10.3 Å². The van der Waals surface area contributed by atoms with Gasteiger partial charge in [0.05, 0.1) is 5.56 Å². The predicted molar refractivity (Wildman–Crippen MR) is 52.2 cm³/mol. The molecule has 4 nitrogen and oxygen atoms in total. The van der Waals surface area contributed by atoms with Crippen LogP contribution >= 0.6 is 0 Å². The summed E-state index contributed by atoms with van der Waals surface area (Å²) in [5, 5.41) is 4.68. The highest BCUT2D eigenvalue weighted by molar-refractivity contribution is 5.92. The minimum absolute atomic E-state index is 0.00609. The third-order valence-corrected chi connectivity index (χ3v) is 1.87. The van der Waals surface area contributed by atoms with Gasteiger partial charge in [0.25, 0.3) is 5.91 Å². The number of alkyl halides is 3. The molecular weight excluding hydrogens is 223 g/mol. The number of carbonyl (C=O) groups is 1. The van der Waals surface area contributed by atoms with Gasteiger partial charge >= 0.3 is 6.18 Å². The maximum absolute atomic E-state index is 12.5. The average molecular weight is 233 g/mol. The summed E-state index contributed by atoms with van der Waals surface area (Å²) < 4.78 is 37.4. The van der Waals surface area contributed by atoms with Gasteiger partial charge < -0.3 is 10.6 Å². The summed E-state index contributed by atoms with van der Waals surface area (Å²) in [6.07, 6.45) is -4.50. The van der Waals surface area contributed by atoms with Crippen LogP contribution in [-0.2, 0) is 6.18 Å². The van der Waals surface area contributed by atoms with Gasteiger partial charge in [0.1, 0.15) is 11.5 Å². The molecule has 1 amide bonds. The second-order valence-corrected chi connectivity index (χ2v) is 2.95. The summed E-state index contributed by atoms with van der Waals surface area (Å²) in [6.45, 7) is 0. The number of nitrogens with zero attached hydrogens (tertiary/aromatic N) is 1. The van der Waals surface area contributed by atoms with Gasteiger partial charge in [-0.3, -0.25) is 4.79 Å². The van der Waals surface area contributed by atoms with Gasteiger partial charge in [-0.15, -0.1) is 0 Å². The Morgan fingerprint density at radius 2 is 1.94 bits per heavy atom. The molecule has 7 heteroatoms. The first-order chi connectivity index (χ1) is 7.38. The van der Waals surface area contributed by atoms with Gasteiger partial charge in [-0.05, 0) is 12.1 Å². The fourth-order valence-corrected chi connectivity index (χ4v) is 1.07. The molecule has 16 heavy (non-hydrogen) atoms. The molecular formula is C9H10F3N3O. The van der Waals surface area contributed by atoms with E-state index in [1.807, 2.05) is 0 Å². The normalized spacial score (nSPS) is 11.1. The largest absolute Gasteiger partial charge is 0.416 e. The fraction of sp³-hybridized carbons (Fsp3) is 0.333. The third kappa shape index (κ3) is 2.62. The van der Waals surface area contributed by atoms with Crippen molar-refractivity contribution in [2.45, 2.75) is 6.18 Å². The molecule has 0 aliphatic rings. The lowest BCUT2D eigenvalue weighted by molar-refractivity contribution is -0.137. The number of amides is 1. The average Bonchev–Trinajstić information content (AvgIpc) is 2.26. The second kappa shape index (κ2) is 4.38. The molecule has 0 fully saturated rings. The van der Waals surface area contributed by atoms with Crippen molar-refractivity contribution < 1.29 is 18.0 Å². The SMILES string of the molecule is CNC(=O)c1cc(C(F)(F)F)cc(NC)n1. The highest BCUT2D eigenvalue weighted by Crippen LogP contribution is 2.30. The van der Waals surface area contributed by atoms with E-state index in [-0.39, 0.29) is 11.5 Å². The first kappa shape index (κ1) is 12.3. The summed E-state index contributed by atoms with van der Waals surface area (Å²) in [6, 6.07) is 1.55. The maximum atomic E-state index is 12.5. The van der Waals surface area contributed by atoms with Gasteiger partial charge in [-0.25, -0.2) is 4.98 Å². The van der Waals surface area contributed by atoms with Crippen molar-refractivity contribution in [3.05, 3.63) is 23.4 Å². The molecule has 0 unspecified atom stereocenters. The fourth-order valence-electron chi connectivity index (χ4n) is 1.07. The van der Waals surface area contributed by atoms with Crippen LogP contribution in [0.25, 0.3) is 0 Å². The number of pyridine rings is 1. The van der Waals surface area contributed by atoms with Crippen LogP contribution in [0.4, 0.5) is 19.0 Å². The Kier molecular flexibility index (Phi) is 3.36. The molecule has 1 aromatic heterocycles.